The number of thiazole rings is 1. The monoisotopic (exact) mass is 378 g/mol. The molecule has 0 radical (unpaired) electrons. The van der Waals surface area contributed by atoms with Gasteiger partial charge in [0.1, 0.15) is 6.10 Å². The standard InChI is InChI=1S/C19H27FN4OS/c1-4-18-24-15(13-26-18)10-11-22-19(21-5-2)23-12-14(3)25-17-9-7-6-8-16(17)20/h6-9,13-14H,4-5,10-12H2,1-3H3,(H2,21,22,23). The summed E-state index contributed by atoms with van der Waals surface area (Å²) >= 11 is 1.70. The molecule has 0 aliphatic carbocycles. The smallest absolute Gasteiger partial charge is 0.191 e. The van der Waals surface area contributed by atoms with Gasteiger partial charge in [0.25, 0.3) is 0 Å². The summed E-state index contributed by atoms with van der Waals surface area (Å²) in [6, 6.07) is 6.41. The van der Waals surface area contributed by atoms with Crippen LogP contribution in [0.15, 0.2) is 34.6 Å². The van der Waals surface area contributed by atoms with Gasteiger partial charge in [-0.3, -0.25) is 0 Å². The second-order valence-corrected chi connectivity index (χ2v) is 6.78. The maximum Gasteiger partial charge on any atom is 0.191 e. The topological polar surface area (TPSA) is 58.5 Å². The van der Waals surface area contributed by atoms with Gasteiger partial charge in [0.05, 0.1) is 17.2 Å². The molecule has 0 aliphatic rings. The summed E-state index contributed by atoms with van der Waals surface area (Å²) in [6.07, 6.45) is 1.60. The number of nitrogens with one attached hydrogen (secondary N) is 2. The Hall–Kier alpha value is -2.15. The van der Waals surface area contributed by atoms with E-state index in [1.807, 2.05) is 13.8 Å². The van der Waals surface area contributed by atoms with Gasteiger partial charge >= 0.3 is 0 Å². The molecule has 0 aliphatic heterocycles. The number of ether oxygens (including phenoxy) is 1. The van der Waals surface area contributed by atoms with Crippen LogP contribution in [0.1, 0.15) is 31.5 Å². The molecule has 2 N–H and O–H groups in total. The van der Waals surface area contributed by atoms with E-state index in [0.717, 1.165) is 37.6 Å². The van der Waals surface area contributed by atoms with Crippen molar-refractivity contribution in [2.24, 2.45) is 4.99 Å². The second-order valence-electron chi connectivity index (χ2n) is 5.84. The van der Waals surface area contributed by atoms with Crippen LogP contribution in [0, 0.1) is 5.82 Å². The Morgan fingerprint density at radius 3 is 2.81 bits per heavy atom. The Bertz CT molecular complexity index is 704. The van der Waals surface area contributed by atoms with Gasteiger partial charge in [-0.1, -0.05) is 19.1 Å². The summed E-state index contributed by atoms with van der Waals surface area (Å²) in [5.74, 6) is 0.619. The zero-order valence-corrected chi connectivity index (χ0v) is 16.4. The zero-order valence-electron chi connectivity index (χ0n) is 15.6. The van der Waals surface area contributed by atoms with Gasteiger partial charge in [-0.05, 0) is 32.4 Å². The Morgan fingerprint density at radius 2 is 2.12 bits per heavy atom. The molecule has 0 amide bonds. The molecule has 1 aromatic heterocycles. The van der Waals surface area contributed by atoms with Gasteiger partial charge in [-0.25, -0.2) is 14.4 Å². The Kier molecular flexibility index (Phi) is 8.34. The minimum absolute atomic E-state index is 0.229. The van der Waals surface area contributed by atoms with Gasteiger partial charge in [0.15, 0.2) is 17.5 Å². The number of nitrogens with zero attached hydrogens (tertiary/aromatic N) is 2. The fourth-order valence-electron chi connectivity index (χ4n) is 2.29. The number of aliphatic imine (C=N–C) groups is 1. The summed E-state index contributed by atoms with van der Waals surface area (Å²) in [4.78, 5) is 9.08. The van der Waals surface area contributed by atoms with Crippen molar-refractivity contribution < 1.29 is 9.13 Å². The number of aryl methyl sites for hydroxylation is 1. The van der Waals surface area contributed by atoms with Gasteiger partial charge in [-0.2, -0.15) is 0 Å². The van der Waals surface area contributed by atoms with Crippen LogP contribution in [0.4, 0.5) is 4.39 Å². The summed E-state index contributed by atoms with van der Waals surface area (Å²) in [5, 5.41) is 9.78. The maximum absolute atomic E-state index is 13.6. The van der Waals surface area contributed by atoms with E-state index in [-0.39, 0.29) is 17.7 Å². The zero-order chi connectivity index (χ0) is 18.8. The van der Waals surface area contributed by atoms with Crippen LogP contribution in [0.3, 0.4) is 0 Å². The van der Waals surface area contributed by atoms with Crippen molar-refractivity contribution in [3.8, 4) is 5.75 Å². The second kappa shape index (κ2) is 10.8. The molecule has 142 valence electrons. The van der Waals surface area contributed by atoms with Crippen LogP contribution in [-0.2, 0) is 12.8 Å². The number of halogens is 1. The first kappa shape index (κ1) is 20.2. The molecule has 2 rings (SSSR count). The molecule has 1 aromatic carbocycles. The number of aromatic nitrogens is 1. The Morgan fingerprint density at radius 1 is 1.31 bits per heavy atom. The molecule has 5 nitrogen and oxygen atoms in total. The van der Waals surface area contributed by atoms with Crippen molar-refractivity contribution in [2.45, 2.75) is 39.7 Å². The molecule has 0 saturated carbocycles. The Labute approximate surface area is 158 Å². The summed E-state index contributed by atoms with van der Waals surface area (Å²) in [5.41, 5.74) is 1.10. The van der Waals surface area contributed by atoms with Gasteiger partial charge < -0.3 is 15.4 Å². The lowest BCUT2D eigenvalue weighted by Crippen LogP contribution is -2.39. The third-order valence-corrected chi connectivity index (χ3v) is 4.63. The van der Waals surface area contributed by atoms with Crippen LogP contribution in [0.5, 0.6) is 5.75 Å². The van der Waals surface area contributed by atoms with Crippen LogP contribution in [0.25, 0.3) is 0 Å². The molecule has 7 heteroatoms. The molecular formula is C19H27FN4OS. The molecule has 0 saturated heterocycles. The van der Waals surface area contributed by atoms with Crippen molar-refractivity contribution in [3.63, 3.8) is 0 Å². The lowest BCUT2D eigenvalue weighted by molar-refractivity contribution is 0.220. The van der Waals surface area contributed by atoms with E-state index >= 15 is 0 Å². The van der Waals surface area contributed by atoms with Gasteiger partial charge in [0.2, 0.25) is 0 Å². The van der Waals surface area contributed by atoms with E-state index in [1.54, 1.807) is 29.5 Å². The van der Waals surface area contributed by atoms with E-state index in [1.165, 1.54) is 11.1 Å². The van der Waals surface area contributed by atoms with E-state index in [2.05, 4.69) is 32.9 Å². The van der Waals surface area contributed by atoms with Gasteiger partial charge in [0, 0.05) is 24.9 Å². The van der Waals surface area contributed by atoms with E-state index in [0.29, 0.717) is 6.54 Å². The average molecular weight is 379 g/mol. The normalized spacial score (nSPS) is 12.7. The summed E-state index contributed by atoms with van der Waals surface area (Å²) < 4.78 is 19.3. The first-order valence-corrected chi connectivity index (χ1v) is 9.87. The van der Waals surface area contributed by atoms with Crippen molar-refractivity contribution >= 4 is 17.3 Å². The Balaban J connectivity index is 1.82. The van der Waals surface area contributed by atoms with Crippen molar-refractivity contribution in [1.82, 2.24) is 15.6 Å². The SMILES string of the molecule is CCNC(=NCC(C)Oc1ccccc1F)NCCc1csc(CC)n1. The van der Waals surface area contributed by atoms with Crippen LogP contribution >= 0.6 is 11.3 Å². The molecule has 1 atom stereocenters. The molecule has 0 bridgehead atoms. The predicted octanol–water partition coefficient (Wildman–Crippen LogP) is 3.41. The number of guanidine groups is 1. The van der Waals surface area contributed by atoms with E-state index < -0.39 is 0 Å². The van der Waals surface area contributed by atoms with Crippen LogP contribution in [0.2, 0.25) is 0 Å². The van der Waals surface area contributed by atoms with Gasteiger partial charge in [-0.15, -0.1) is 11.3 Å². The number of hydrogen-bond donors (Lipinski definition) is 2. The highest BCUT2D eigenvalue weighted by molar-refractivity contribution is 7.09. The maximum atomic E-state index is 13.6. The highest BCUT2D eigenvalue weighted by Crippen LogP contribution is 2.17. The first-order chi connectivity index (χ1) is 12.6. The molecule has 26 heavy (non-hydrogen) atoms. The molecule has 1 unspecified atom stereocenters. The molecule has 2 aromatic rings. The molecular weight excluding hydrogens is 351 g/mol. The minimum Gasteiger partial charge on any atom is -0.486 e. The van der Waals surface area contributed by atoms with Crippen molar-refractivity contribution in [2.75, 3.05) is 19.6 Å². The minimum atomic E-state index is -0.358. The number of rotatable bonds is 9. The third kappa shape index (κ3) is 6.63. The van der Waals surface area contributed by atoms with Crippen LogP contribution < -0.4 is 15.4 Å². The fraction of sp³-hybridized carbons (Fsp3) is 0.474. The van der Waals surface area contributed by atoms with Crippen molar-refractivity contribution in [1.29, 1.82) is 0 Å². The summed E-state index contributed by atoms with van der Waals surface area (Å²) in [7, 11) is 0. The number of hydrogen-bond acceptors (Lipinski definition) is 4. The van der Waals surface area contributed by atoms with Crippen LogP contribution in [-0.4, -0.2) is 36.7 Å². The summed E-state index contributed by atoms with van der Waals surface area (Å²) in [6.45, 7) is 7.96. The lowest BCUT2D eigenvalue weighted by Gasteiger charge is -2.15. The predicted molar refractivity (Wildman–Crippen MR) is 106 cm³/mol. The fourth-order valence-corrected chi connectivity index (χ4v) is 3.07. The van der Waals surface area contributed by atoms with E-state index in [4.69, 9.17) is 4.74 Å². The number of benzene rings is 1. The molecule has 0 fully saturated rings. The lowest BCUT2D eigenvalue weighted by atomic mass is 10.3. The average Bonchev–Trinajstić information content (AvgIpc) is 3.09. The third-order valence-electron chi connectivity index (χ3n) is 3.59. The van der Waals surface area contributed by atoms with Crippen molar-refractivity contribution in [3.05, 3.63) is 46.2 Å². The molecule has 0 spiro atoms. The highest BCUT2D eigenvalue weighted by atomic mass is 32.1. The quantitative estimate of drug-likeness (QED) is 0.519. The molecule has 1 heterocycles. The largest absolute Gasteiger partial charge is 0.486 e. The number of para-hydroxylation sites is 1. The van der Waals surface area contributed by atoms with E-state index in [9.17, 15) is 4.39 Å². The first-order valence-electron chi connectivity index (χ1n) is 8.99. The highest BCUT2D eigenvalue weighted by Gasteiger charge is 2.08.